The fraction of sp³-hybridized carbons (Fsp3) is 0.538. The fourth-order valence-corrected chi connectivity index (χ4v) is 2.53. The van der Waals surface area contributed by atoms with E-state index in [1.165, 1.54) is 11.1 Å². The highest BCUT2D eigenvalue weighted by atomic mass is 35.5. The van der Waals surface area contributed by atoms with E-state index in [2.05, 4.69) is 52.0 Å². The first-order valence-electron chi connectivity index (χ1n) is 5.27. The first kappa shape index (κ1) is 12.5. The van der Waals surface area contributed by atoms with Crippen LogP contribution in [0, 0.1) is 5.41 Å². The maximum absolute atomic E-state index is 6.46. The second-order valence-electron chi connectivity index (χ2n) is 5.23. The van der Waals surface area contributed by atoms with Crippen LogP contribution in [0.15, 0.2) is 24.3 Å². The molecule has 2 atom stereocenters. The maximum atomic E-state index is 6.46. The molecule has 0 radical (unpaired) electrons. The van der Waals surface area contributed by atoms with E-state index in [0.29, 0.717) is 5.92 Å². The maximum Gasteiger partial charge on any atom is 0.0441 e. The molecular weight excluding hydrogens is 206 g/mol. The van der Waals surface area contributed by atoms with E-state index in [4.69, 9.17) is 5.73 Å². The molecule has 0 heterocycles. The molecule has 1 aromatic rings. The van der Waals surface area contributed by atoms with Crippen LogP contribution in [0.3, 0.4) is 0 Å². The van der Waals surface area contributed by atoms with Crippen molar-refractivity contribution in [2.24, 2.45) is 11.1 Å². The Kier molecular flexibility index (Phi) is 2.92. The first-order valence-corrected chi connectivity index (χ1v) is 5.27. The molecular formula is C13H20ClN. The molecule has 0 fully saturated rings. The Morgan fingerprint density at radius 3 is 2.20 bits per heavy atom. The molecule has 0 aromatic heterocycles. The summed E-state index contributed by atoms with van der Waals surface area (Å²) in [6.45, 7) is 8.95. The summed E-state index contributed by atoms with van der Waals surface area (Å²) in [5, 5.41) is 0. The number of hydrogen-bond acceptors (Lipinski definition) is 1. The lowest BCUT2D eigenvalue weighted by atomic mass is 9.70. The van der Waals surface area contributed by atoms with Gasteiger partial charge in [0, 0.05) is 5.54 Å². The summed E-state index contributed by atoms with van der Waals surface area (Å²) in [5.74, 6) is 0.536. The van der Waals surface area contributed by atoms with Crippen LogP contribution in [0.4, 0.5) is 0 Å². The van der Waals surface area contributed by atoms with Crippen LogP contribution in [0.1, 0.15) is 44.7 Å². The highest BCUT2D eigenvalue weighted by Gasteiger charge is 2.50. The molecule has 2 unspecified atom stereocenters. The summed E-state index contributed by atoms with van der Waals surface area (Å²) in [7, 11) is 0. The Morgan fingerprint density at radius 2 is 1.67 bits per heavy atom. The topological polar surface area (TPSA) is 26.0 Å². The summed E-state index contributed by atoms with van der Waals surface area (Å²) in [6, 6.07) is 8.56. The van der Waals surface area contributed by atoms with Crippen molar-refractivity contribution in [2.75, 3.05) is 0 Å². The van der Waals surface area contributed by atoms with Crippen molar-refractivity contribution in [2.45, 2.75) is 39.2 Å². The van der Waals surface area contributed by atoms with Crippen molar-refractivity contribution >= 4 is 12.4 Å². The van der Waals surface area contributed by atoms with Gasteiger partial charge >= 0.3 is 0 Å². The molecule has 0 spiro atoms. The molecule has 2 rings (SSSR count). The van der Waals surface area contributed by atoms with Crippen molar-refractivity contribution < 1.29 is 0 Å². The van der Waals surface area contributed by atoms with Gasteiger partial charge in [-0.05, 0) is 29.4 Å². The number of halogens is 1. The SMILES string of the molecule is CC1c2ccccc2C(C)(N)C1(C)C.Cl. The second-order valence-corrected chi connectivity index (χ2v) is 5.23. The third-order valence-corrected chi connectivity index (χ3v) is 4.41. The van der Waals surface area contributed by atoms with Crippen molar-refractivity contribution in [1.29, 1.82) is 0 Å². The van der Waals surface area contributed by atoms with Gasteiger partial charge in [0.25, 0.3) is 0 Å². The minimum atomic E-state index is -0.205. The lowest BCUT2D eigenvalue weighted by molar-refractivity contribution is 0.178. The summed E-state index contributed by atoms with van der Waals surface area (Å²) < 4.78 is 0. The molecule has 1 aliphatic rings. The molecule has 0 amide bonds. The van der Waals surface area contributed by atoms with Crippen LogP contribution in [0.2, 0.25) is 0 Å². The summed E-state index contributed by atoms with van der Waals surface area (Å²) in [5.41, 5.74) is 9.12. The minimum absolute atomic E-state index is 0. The molecule has 84 valence electrons. The van der Waals surface area contributed by atoms with Crippen LogP contribution in [0.5, 0.6) is 0 Å². The molecule has 2 N–H and O–H groups in total. The third kappa shape index (κ3) is 1.41. The van der Waals surface area contributed by atoms with E-state index in [1.54, 1.807) is 0 Å². The molecule has 15 heavy (non-hydrogen) atoms. The lowest BCUT2D eigenvalue weighted by Crippen LogP contribution is -2.44. The largest absolute Gasteiger partial charge is 0.321 e. The summed E-state index contributed by atoms with van der Waals surface area (Å²) in [4.78, 5) is 0. The van der Waals surface area contributed by atoms with Gasteiger partial charge in [-0.2, -0.15) is 0 Å². The zero-order valence-corrected chi connectivity index (χ0v) is 10.7. The smallest absolute Gasteiger partial charge is 0.0441 e. The Morgan fingerprint density at radius 1 is 1.13 bits per heavy atom. The molecule has 0 saturated carbocycles. The van der Waals surface area contributed by atoms with Crippen molar-refractivity contribution in [1.82, 2.24) is 0 Å². The van der Waals surface area contributed by atoms with Crippen LogP contribution in [-0.4, -0.2) is 0 Å². The fourth-order valence-electron chi connectivity index (χ4n) is 2.53. The minimum Gasteiger partial charge on any atom is -0.321 e. The van der Waals surface area contributed by atoms with Gasteiger partial charge in [0.1, 0.15) is 0 Å². The standard InChI is InChI=1S/C13H19N.ClH/c1-9-10-7-5-6-8-11(10)13(4,14)12(9,2)3;/h5-9H,14H2,1-4H3;1H. The molecule has 0 saturated heterocycles. The quantitative estimate of drug-likeness (QED) is 0.720. The number of hydrogen-bond donors (Lipinski definition) is 1. The Bertz CT molecular complexity index is 369. The zero-order chi connectivity index (χ0) is 10.6. The van der Waals surface area contributed by atoms with E-state index in [0.717, 1.165) is 0 Å². The van der Waals surface area contributed by atoms with Gasteiger partial charge in [0.05, 0.1) is 0 Å². The van der Waals surface area contributed by atoms with Gasteiger partial charge in [-0.15, -0.1) is 12.4 Å². The molecule has 0 aliphatic heterocycles. The first-order chi connectivity index (χ1) is 6.39. The average molecular weight is 226 g/mol. The molecule has 2 heteroatoms. The van der Waals surface area contributed by atoms with Gasteiger partial charge in [0.15, 0.2) is 0 Å². The third-order valence-electron chi connectivity index (χ3n) is 4.41. The number of rotatable bonds is 0. The van der Waals surface area contributed by atoms with Crippen LogP contribution >= 0.6 is 12.4 Å². The summed E-state index contributed by atoms with van der Waals surface area (Å²) >= 11 is 0. The Balaban J connectivity index is 0.00000112. The van der Waals surface area contributed by atoms with Crippen molar-refractivity contribution in [3.05, 3.63) is 35.4 Å². The average Bonchev–Trinajstić information content (AvgIpc) is 2.27. The van der Waals surface area contributed by atoms with E-state index < -0.39 is 0 Å². The predicted molar refractivity (Wildman–Crippen MR) is 67.4 cm³/mol. The van der Waals surface area contributed by atoms with E-state index >= 15 is 0 Å². The number of fused-ring (bicyclic) bond motifs is 1. The van der Waals surface area contributed by atoms with Gasteiger partial charge in [-0.3, -0.25) is 0 Å². The second kappa shape index (κ2) is 3.50. The summed E-state index contributed by atoms with van der Waals surface area (Å²) in [6.07, 6.45) is 0. The van der Waals surface area contributed by atoms with Crippen LogP contribution in [0.25, 0.3) is 0 Å². The molecule has 1 aliphatic carbocycles. The van der Waals surface area contributed by atoms with Gasteiger partial charge in [-0.25, -0.2) is 0 Å². The van der Waals surface area contributed by atoms with Crippen molar-refractivity contribution in [3.8, 4) is 0 Å². The molecule has 1 nitrogen and oxygen atoms in total. The molecule has 0 bridgehead atoms. The van der Waals surface area contributed by atoms with Gasteiger partial charge in [-0.1, -0.05) is 45.0 Å². The lowest BCUT2D eigenvalue weighted by Gasteiger charge is -2.38. The van der Waals surface area contributed by atoms with E-state index in [1.807, 2.05) is 0 Å². The Hall–Kier alpha value is -0.530. The normalized spacial score (nSPS) is 31.9. The van der Waals surface area contributed by atoms with Crippen LogP contribution in [-0.2, 0) is 5.54 Å². The molecule has 1 aromatic carbocycles. The number of benzene rings is 1. The highest BCUT2D eigenvalue weighted by molar-refractivity contribution is 5.85. The number of nitrogens with two attached hydrogens (primary N) is 1. The monoisotopic (exact) mass is 225 g/mol. The van der Waals surface area contributed by atoms with E-state index in [9.17, 15) is 0 Å². The van der Waals surface area contributed by atoms with Crippen LogP contribution < -0.4 is 5.73 Å². The zero-order valence-electron chi connectivity index (χ0n) is 9.87. The predicted octanol–water partition coefficient (Wildman–Crippen LogP) is 3.43. The van der Waals surface area contributed by atoms with Gasteiger partial charge < -0.3 is 5.73 Å². The Labute approximate surface area is 98.5 Å². The van der Waals surface area contributed by atoms with E-state index in [-0.39, 0.29) is 23.4 Å². The highest BCUT2D eigenvalue weighted by Crippen LogP contribution is 2.55. The van der Waals surface area contributed by atoms with Crippen molar-refractivity contribution in [3.63, 3.8) is 0 Å². The van der Waals surface area contributed by atoms with Gasteiger partial charge in [0.2, 0.25) is 0 Å².